The molecule has 0 amide bonds. The minimum atomic E-state index is 0.743. The minimum absolute atomic E-state index is 0.743. The van der Waals surface area contributed by atoms with Crippen molar-refractivity contribution in [2.75, 3.05) is 18.4 Å². The Morgan fingerprint density at radius 3 is 2.67 bits per heavy atom. The van der Waals surface area contributed by atoms with E-state index in [0.717, 1.165) is 19.1 Å². The fourth-order valence-electron chi connectivity index (χ4n) is 2.63. The molecule has 0 atom stereocenters. The molecule has 0 spiro atoms. The topological polar surface area (TPSA) is 37.0 Å². The second-order valence-electron chi connectivity index (χ2n) is 5.26. The predicted molar refractivity (Wildman–Crippen MR) is 77.0 cm³/mol. The summed E-state index contributed by atoms with van der Waals surface area (Å²) >= 11 is 0. The van der Waals surface area contributed by atoms with Crippen LogP contribution >= 0.6 is 0 Å². The predicted octanol–water partition coefficient (Wildman–Crippen LogP) is 3.11. The molecule has 2 rings (SSSR count). The number of nitrogens with zero attached hydrogens (tertiary/aromatic N) is 1. The van der Waals surface area contributed by atoms with Crippen molar-refractivity contribution in [3.05, 3.63) is 24.0 Å². The maximum atomic E-state index is 4.10. The van der Waals surface area contributed by atoms with Gasteiger partial charge in [-0.25, -0.2) is 0 Å². The Bertz CT molecular complexity index is 343. The first-order valence-corrected chi connectivity index (χ1v) is 7.24. The monoisotopic (exact) mass is 247 g/mol. The van der Waals surface area contributed by atoms with E-state index in [4.69, 9.17) is 0 Å². The summed E-state index contributed by atoms with van der Waals surface area (Å²) in [5.74, 6) is 0. The SMILES string of the molecule is Cc1cnccc1NCCNC1CCCCCC1. The van der Waals surface area contributed by atoms with Crippen molar-refractivity contribution in [2.24, 2.45) is 0 Å². The van der Waals surface area contributed by atoms with Crippen LogP contribution in [0.25, 0.3) is 0 Å². The first-order chi connectivity index (χ1) is 8.86. The molecule has 0 aromatic carbocycles. The average molecular weight is 247 g/mol. The number of pyridine rings is 1. The lowest BCUT2D eigenvalue weighted by Gasteiger charge is -2.17. The molecule has 100 valence electrons. The summed E-state index contributed by atoms with van der Waals surface area (Å²) in [7, 11) is 0. The molecule has 1 aliphatic carbocycles. The van der Waals surface area contributed by atoms with Gasteiger partial charge in [0.2, 0.25) is 0 Å². The third kappa shape index (κ3) is 4.30. The summed E-state index contributed by atoms with van der Waals surface area (Å²) in [4.78, 5) is 4.10. The quantitative estimate of drug-likeness (QED) is 0.620. The van der Waals surface area contributed by atoms with Gasteiger partial charge in [0.1, 0.15) is 0 Å². The fraction of sp³-hybridized carbons (Fsp3) is 0.667. The largest absolute Gasteiger partial charge is 0.383 e. The summed E-state index contributed by atoms with van der Waals surface area (Å²) in [6.45, 7) is 4.13. The van der Waals surface area contributed by atoms with Crippen LogP contribution in [0.2, 0.25) is 0 Å². The minimum Gasteiger partial charge on any atom is -0.383 e. The summed E-state index contributed by atoms with van der Waals surface area (Å²) in [5.41, 5.74) is 2.42. The molecule has 0 aliphatic heterocycles. The number of hydrogen-bond acceptors (Lipinski definition) is 3. The molecule has 1 fully saturated rings. The zero-order chi connectivity index (χ0) is 12.6. The zero-order valence-corrected chi connectivity index (χ0v) is 11.4. The number of aromatic nitrogens is 1. The van der Waals surface area contributed by atoms with Crippen LogP contribution < -0.4 is 10.6 Å². The first-order valence-electron chi connectivity index (χ1n) is 7.24. The smallest absolute Gasteiger partial charge is 0.0401 e. The van der Waals surface area contributed by atoms with E-state index >= 15 is 0 Å². The molecule has 3 nitrogen and oxygen atoms in total. The molecule has 1 aliphatic rings. The van der Waals surface area contributed by atoms with Crippen LogP contribution in [-0.4, -0.2) is 24.1 Å². The third-order valence-electron chi connectivity index (χ3n) is 3.75. The summed E-state index contributed by atoms with van der Waals surface area (Å²) in [6.07, 6.45) is 12.1. The first kappa shape index (κ1) is 13.3. The van der Waals surface area contributed by atoms with Crippen LogP contribution in [0.1, 0.15) is 44.1 Å². The van der Waals surface area contributed by atoms with Crippen molar-refractivity contribution in [1.29, 1.82) is 0 Å². The molecule has 1 heterocycles. The van der Waals surface area contributed by atoms with Gasteiger partial charge in [0.15, 0.2) is 0 Å². The van der Waals surface area contributed by atoms with Gasteiger partial charge in [-0.15, -0.1) is 0 Å². The third-order valence-corrected chi connectivity index (χ3v) is 3.75. The van der Waals surface area contributed by atoms with Crippen molar-refractivity contribution in [2.45, 2.75) is 51.5 Å². The highest BCUT2D eigenvalue weighted by atomic mass is 15.0. The van der Waals surface area contributed by atoms with Gasteiger partial charge in [-0.05, 0) is 31.4 Å². The molecule has 0 saturated heterocycles. The molecule has 3 heteroatoms. The molecule has 18 heavy (non-hydrogen) atoms. The molecular weight excluding hydrogens is 222 g/mol. The van der Waals surface area contributed by atoms with Crippen LogP contribution in [0.4, 0.5) is 5.69 Å². The van der Waals surface area contributed by atoms with Gasteiger partial charge in [0.05, 0.1) is 0 Å². The lowest BCUT2D eigenvalue weighted by Crippen LogP contribution is -2.32. The number of nitrogens with one attached hydrogen (secondary N) is 2. The van der Waals surface area contributed by atoms with Gasteiger partial charge in [0, 0.05) is 37.2 Å². The highest BCUT2D eigenvalue weighted by molar-refractivity contribution is 5.48. The van der Waals surface area contributed by atoms with E-state index in [1.54, 1.807) is 0 Å². The van der Waals surface area contributed by atoms with Crippen LogP contribution in [0.15, 0.2) is 18.5 Å². The van der Waals surface area contributed by atoms with Crippen molar-refractivity contribution in [3.8, 4) is 0 Å². The van der Waals surface area contributed by atoms with Gasteiger partial charge >= 0.3 is 0 Å². The maximum absolute atomic E-state index is 4.10. The summed E-state index contributed by atoms with van der Waals surface area (Å²) < 4.78 is 0. The van der Waals surface area contributed by atoms with E-state index in [1.807, 2.05) is 18.5 Å². The normalized spacial score (nSPS) is 17.4. The second kappa shape index (κ2) is 7.37. The highest BCUT2D eigenvalue weighted by Gasteiger charge is 2.10. The van der Waals surface area contributed by atoms with Gasteiger partial charge in [-0.2, -0.15) is 0 Å². The summed E-state index contributed by atoms with van der Waals surface area (Å²) in [6, 6.07) is 2.79. The molecule has 1 aromatic heterocycles. The molecule has 0 bridgehead atoms. The average Bonchev–Trinajstić information content (AvgIpc) is 2.65. The summed E-state index contributed by atoms with van der Waals surface area (Å²) in [5, 5.41) is 7.14. The lowest BCUT2D eigenvalue weighted by molar-refractivity contribution is 0.468. The number of anilines is 1. The number of aryl methyl sites for hydroxylation is 1. The lowest BCUT2D eigenvalue weighted by atomic mass is 10.1. The van der Waals surface area contributed by atoms with Gasteiger partial charge in [-0.1, -0.05) is 25.7 Å². The van der Waals surface area contributed by atoms with E-state index in [9.17, 15) is 0 Å². The van der Waals surface area contributed by atoms with E-state index in [-0.39, 0.29) is 0 Å². The van der Waals surface area contributed by atoms with Crippen LogP contribution in [0.3, 0.4) is 0 Å². The fourth-order valence-corrected chi connectivity index (χ4v) is 2.63. The molecule has 0 unspecified atom stereocenters. The van der Waals surface area contributed by atoms with Crippen LogP contribution in [0.5, 0.6) is 0 Å². The second-order valence-corrected chi connectivity index (χ2v) is 5.26. The highest BCUT2D eigenvalue weighted by Crippen LogP contribution is 2.17. The zero-order valence-electron chi connectivity index (χ0n) is 11.4. The van der Waals surface area contributed by atoms with Crippen molar-refractivity contribution < 1.29 is 0 Å². The Labute approximate surface area is 110 Å². The Morgan fingerprint density at radius 2 is 1.94 bits per heavy atom. The van der Waals surface area contributed by atoms with Gasteiger partial charge in [0.25, 0.3) is 0 Å². The molecule has 2 N–H and O–H groups in total. The Hall–Kier alpha value is -1.09. The Morgan fingerprint density at radius 1 is 1.17 bits per heavy atom. The van der Waals surface area contributed by atoms with E-state index in [2.05, 4.69) is 22.5 Å². The number of hydrogen-bond donors (Lipinski definition) is 2. The Kier molecular flexibility index (Phi) is 5.46. The number of rotatable bonds is 5. The molecular formula is C15H25N3. The molecule has 1 saturated carbocycles. The molecule has 1 aromatic rings. The standard InChI is InChI=1S/C15H25N3/c1-13-12-16-9-8-15(13)18-11-10-17-14-6-4-2-3-5-7-14/h8-9,12,14,17H,2-7,10-11H2,1H3,(H,16,18). The van der Waals surface area contributed by atoms with Crippen LogP contribution in [-0.2, 0) is 0 Å². The Balaban J connectivity index is 1.65. The maximum Gasteiger partial charge on any atom is 0.0401 e. The van der Waals surface area contributed by atoms with Crippen molar-refractivity contribution >= 4 is 5.69 Å². The van der Waals surface area contributed by atoms with Crippen LogP contribution in [0, 0.1) is 6.92 Å². The van der Waals surface area contributed by atoms with Crippen molar-refractivity contribution in [1.82, 2.24) is 10.3 Å². The van der Waals surface area contributed by atoms with Gasteiger partial charge in [-0.3, -0.25) is 4.98 Å². The van der Waals surface area contributed by atoms with Gasteiger partial charge < -0.3 is 10.6 Å². The van der Waals surface area contributed by atoms with E-state index in [1.165, 1.54) is 49.8 Å². The van der Waals surface area contributed by atoms with Crippen molar-refractivity contribution in [3.63, 3.8) is 0 Å². The molecule has 0 radical (unpaired) electrons. The van der Waals surface area contributed by atoms with E-state index in [0.29, 0.717) is 0 Å². The van der Waals surface area contributed by atoms with E-state index < -0.39 is 0 Å².